The average Bonchev–Trinajstić information content (AvgIpc) is 3.21. The lowest BCUT2D eigenvalue weighted by Crippen LogP contribution is -2.43. The van der Waals surface area contributed by atoms with Gasteiger partial charge in [0, 0.05) is 18.4 Å². The van der Waals surface area contributed by atoms with Crippen LogP contribution in [0.2, 0.25) is 0 Å². The second-order valence-electron chi connectivity index (χ2n) is 5.46. The van der Waals surface area contributed by atoms with Crippen molar-refractivity contribution in [3.05, 3.63) is 24.2 Å². The Hall–Kier alpha value is -2.60. The number of nitriles is 1. The predicted octanol–water partition coefficient (Wildman–Crippen LogP) is 1.53. The van der Waals surface area contributed by atoms with E-state index >= 15 is 0 Å². The van der Waals surface area contributed by atoms with Gasteiger partial charge in [0.1, 0.15) is 23.1 Å². The topological polar surface area (TPSA) is 124 Å². The summed E-state index contributed by atoms with van der Waals surface area (Å²) >= 11 is 1.36. The number of carbonyl (C=O) groups excluding carboxylic acids is 3. The largest absolute Gasteiger partial charge is 0.466 e. The van der Waals surface area contributed by atoms with Crippen LogP contribution < -0.4 is 0 Å². The van der Waals surface area contributed by atoms with Gasteiger partial charge in [-0.2, -0.15) is 5.26 Å². The van der Waals surface area contributed by atoms with Crippen molar-refractivity contribution in [1.29, 1.82) is 10.7 Å². The third-order valence-electron chi connectivity index (χ3n) is 3.66. The molecule has 2 rings (SSSR count). The fourth-order valence-corrected chi connectivity index (χ4v) is 3.87. The summed E-state index contributed by atoms with van der Waals surface area (Å²) in [5, 5.41) is 15.8. The zero-order valence-electron chi connectivity index (χ0n) is 13.7. The third kappa shape index (κ3) is 4.09. The standard InChI is InChI=1S/C16H17N3O5S/c1-9(18)11(6-17)13(21)7-24-16(22)12-8-25-15(19(12)10(2)20)14-4-3-5-23-14/h3-5,11-12,15,18H,7-8H2,1-2H3/t11?,12-,15-/m1/s1. The second kappa shape index (κ2) is 7.98. The van der Waals surface area contributed by atoms with Crippen LogP contribution >= 0.6 is 11.8 Å². The SMILES string of the molecule is CC(=N)C(C#N)C(=O)COC(=O)[C@H]1CS[C@H](c2ccco2)N1C(C)=O. The van der Waals surface area contributed by atoms with E-state index in [1.54, 1.807) is 18.2 Å². The minimum absolute atomic E-state index is 0.108. The molecule has 0 spiro atoms. The summed E-state index contributed by atoms with van der Waals surface area (Å²) in [6.45, 7) is 2.08. The molecule has 0 saturated carbocycles. The Bertz CT molecular complexity index is 725. The van der Waals surface area contributed by atoms with Gasteiger partial charge in [-0.1, -0.05) is 0 Å². The first-order chi connectivity index (χ1) is 11.9. The summed E-state index contributed by atoms with van der Waals surface area (Å²) in [5.74, 6) is -2.06. The van der Waals surface area contributed by atoms with E-state index in [4.69, 9.17) is 19.8 Å². The van der Waals surface area contributed by atoms with Crippen molar-refractivity contribution in [1.82, 2.24) is 4.90 Å². The van der Waals surface area contributed by atoms with Gasteiger partial charge < -0.3 is 19.5 Å². The third-order valence-corrected chi connectivity index (χ3v) is 4.95. The molecule has 1 N–H and O–H groups in total. The normalized spacial score (nSPS) is 20.6. The van der Waals surface area contributed by atoms with E-state index in [-0.39, 0.29) is 11.6 Å². The minimum atomic E-state index is -1.23. The number of furan rings is 1. The van der Waals surface area contributed by atoms with Crippen molar-refractivity contribution >= 4 is 35.1 Å². The smallest absolute Gasteiger partial charge is 0.330 e. The van der Waals surface area contributed by atoms with Gasteiger partial charge in [-0.05, 0) is 19.1 Å². The van der Waals surface area contributed by atoms with Crippen molar-refractivity contribution in [2.75, 3.05) is 12.4 Å². The van der Waals surface area contributed by atoms with E-state index in [9.17, 15) is 14.4 Å². The van der Waals surface area contributed by atoms with Crippen LogP contribution in [0.3, 0.4) is 0 Å². The van der Waals surface area contributed by atoms with Crippen LogP contribution in [0.1, 0.15) is 25.0 Å². The molecule has 1 saturated heterocycles. The van der Waals surface area contributed by atoms with Gasteiger partial charge in [-0.3, -0.25) is 9.59 Å². The van der Waals surface area contributed by atoms with Crippen LogP contribution in [0.15, 0.2) is 22.8 Å². The van der Waals surface area contributed by atoms with Crippen LogP contribution in [0.4, 0.5) is 0 Å². The average molecular weight is 363 g/mol. The summed E-state index contributed by atoms with van der Waals surface area (Å²) < 4.78 is 10.3. The number of ketones is 1. The Morgan fingerprint density at radius 3 is 2.76 bits per heavy atom. The van der Waals surface area contributed by atoms with Crippen LogP contribution in [-0.2, 0) is 19.1 Å². The van der Waals surface area contributed by atoms with Gasteiger partial charge in [-0.15, -0.1) is 11.8 Å². The Morgan fingerprint density at radius 1 is 1.52 bits per heavy atom. The van der Waals surface area contributed by atoms with Crippen molar-refractivity contribution in [3.8, 4) is 6.07 Å². The first kappa shape index (κ1) is 18.7. The molecule has 0 aliphatic carbocycles. The van der Waals surface area contributed by atoms with Crippen molar-refractivity contribution < 1.29 is 23.5 Å². The van der Waals surface area contributed by atoms with Gasteiger partial charge in [0.05, 0.1) is 12.3 Å². The molecular formula is C16H17N3O5S. The lowest BCUT2D eigenvalue weighted by molar-refractivity contribution is -0.156. The maximum atomic E-state index is 12.3. The van der Waals surface area contributed by atoms with Crippen LogP contribution in [0.25, 0.3) is 0 Å². The summed E-state index contributed by atoms with van der Waals surface area (Å²) in [4.78, 5) is 37.5. The number of ether oxygens (including phenoxy) is 1. The number of nitrogens with zero attached hydrogens (tertiary/aromatic N) is 2. The molecule has 1 aromatic heterocycles. The predicted molar refractivity (Wildman–Crippen MR) is 88.7 cm³/mol. The lowest BCUT2D eigenvalue weighted by atomic mass is 10.0. The fraction of sp³-hybridized carbons (Fsp3) is 0.438. The second-order valence-corrected chi connectivity index (χ2v) is 6.58. The molecule has 8 nitrogen and oxygen atoms in total. The Balaban J connectivity index is 2.04. The molecule has 0 bridgehead atoms. The first-order valence-corrected chi connectivity index (χ1v) is 8.49. The Kier molecular flexibility index (Phi) is 5.98. The fourth-order valence-electron chi connectivity index (χ4n) is 2.46. The number of nitrogens with one attached hydrogen (secondary N) is 1. The molecule has 1 amide bonds. The minimum Gasteiger partial charge on any atom is -0.466 e. The Labute approximate surface area is 148 Å². The maximum Gasteiger partial charge on any atom is 0.330 e. The molecule has 2 heterocycles. The van der Waals surface area contributed by atoms with Crippen LogP contribution in [0, 0.1) is 22.7 Å². The monoisotopic (exact) mass is 363 g/mol. The van der Waals surface area contributed by atoms with Crippen LogP contribution in [0.5, 0.6) is 0 Å². The molecule has 3 atom stereocenters. The zero-order chi connectivity index (χ0) is 18.6. The molecule has 132 valence electrons. The molecule has 25 heavy (non-hydrogen) atoms. The number of esters is 1. The maximum absolute atomic E-state index is 12.3. The quantitative estimate of drug-likeness (QED) is 0.600. The van der Waals surface area contributed by atoms with Crippen LogP contribution in [-0.4, -0.2) is 46.7 Å². The molecule has 9 heteroatoms. The van der Waals surface area contributed by atoms with E-state index in [1.807, 2.05) is 0 Å². The summed E-state index contributed by atoms with van der Waals surface area (Å²) in [6, 6.07) is 4.27. The number of Topliss-reactive ketones (excluding diaryl/α,β-unsaturated/α-hetero) is 1. The highest BCUT2D eigenvalue weighted by Gasteiger charge is 2.43. The molecule has 1 aliphatic rings. The lowest BCUT2D eigenvalue weighted by Gasteiger charge is -2.25. The highest BCUT2D eigenvalue weighted by molar-refractivity contribution is 7.99. The molecule has 1 aliphatic heterocycles. The van der Waals surface area contributed by atoms with Gasteiger partial charge >= 0.3 is 5.97 Å². The van der Waals surface area contributed by atoms with Crippen molar-refractivity contribution in [3.63, 3.8) is 0 Å². The van der Waals surface area contributed by atoms with Crippen molar-refractivity contribution in [2.45, 2.75) is 25.3 Å². The van der Waals surface area contributed by atoms with E-state index < -0.39 is 35.7 Å². The van der Waals surface area contributed by atoms with E-state index in [2.05, 4.69) is 0 Å². The number of carbonyl (C=O) groups is 3. The molecule has 1 aromatic rings. The van der Waals surface area contributed by atoms with E-state index in [1.165, 1.54) is 36.8 Å². The number of amides is 1. The molecule has 1 fully saturated rings. The summed E-state index contributed by atoms with van der Waals surface area (Å²) in [5.41, 5.74) is -0.108. The number of thioether (sulfide) groups is 1. The van der Waals surface area contributed by atoms with Gasteiger partial charge in [0.15, 0.2) is 12.4 Å². The summed E-state index contributed by atoms with van der Waals surface area (Å²) in [7, 11) is 0. The molecular weight excluding hydrogens is 346 g/mol. The van der Waals surface area contributed by atoms with Gasteiger partial charge in [0.2, 0.25) is 5.91 Å². The highest BCUT2D eigenvalue weighted by Crippen LogP contribution is 2.41. The zero-order valence-corrected chi connectivity index (χ0v) is 14.5. The van der Waals surface area contributed by atoms with Gasteiger partial charge in [0.25, 0.3) is 0 Å². The summed E-state index contributed by atoms with van der Waals surface area (Å²) in [6.07, 6.45) is 1.49. The molecule has 1 unspecified atom stereocenters. The number of rotatable bonds is 6. The molecule has 0 aromatic carbocycles. The van der Waals surface area contributed by atoms with Crippen molar-refractivity contribution in [2.24, 2.45) is 5.92 Å². The number of hydrogen-bond acceptors (Lipinski definition) is 8. The van der Waals surface area contributed by atoms with E-state index in [0.717, 1.165) is 0 Å². The Morgan fingerprint density at radius 2 is 2.24 bits per heavy atom. The highest BCUT2D eigenvalue weighted by atomic mass is 32.2. The van der Waals surface area contributed by atoms with Gasteiger partial charge in [-0.25, -0.2) is 4.79 Å². The molecule has 0 radical (unpaired) electrons. The first-order valence-electron chi connectivity index (χ1n) is 7.44. The number of hydrogen-bond donors (Lipinski definition) is 1. The van der Waals surface area contributed by atoms with E-state index in [0.29, 0.717) is 11.5 Å².